The van der Waals surface area contributed by atoms with Crippen LogP contribution in [-0.4, -0.2) is 24.4 Å². The first-order chi connectivity index (χ1) is 12.1. The van der Waals surface area contributed by atoms with Gasteiger partial charge in [0.1, 0.15) is 17.3 Å². The smallest absolute Gasteiger partial charge is 0.246 e. The lowest BCUT2D eigenvalue weighted by Gasteiger charge is -2.07. The average Bonchev–Trinajstić information content (AvgIpc) is 3.09. The first-order valence-corrected chi connectivity index (χ1v) is 8.14. The van der Waals surface area contributed by atoms with E-state index in [-0.39, 0.29) is 12.4 Å². The van der Waals surface area contributed by atoms with Crippen molar-refractivity contribution in [1.29, 1.82) is 0 Å². The molecular weight excluding hydrogens is 393 g/mol. The van der Waals surface area contributed by atoms with Crippen LogP contribution in [-0.2, 0) is 6.54 Å². The summed E-state index contributed by atoms with van der Waals surface area (Å²) < 4.78 is 30.2. The van der Waals surface area contributed by atoms with Gasteiger partial charge in [0, 0.05) is 10.5 Å². The monoisotopic (exact) mass is 407 g/mol. The van der Waals surface area contributed by atoms with Crippen molar-refractivity contribution in [1.82, 2.24) is 10.1 Å². The molecule has 3 rings (SSSR count). The molecule has 0 atom stereocenters. The van der Waals surface area contributed by atoms with E-state index in [1.807, 2.05) is 0 Å². The first-order valence-electron chi connectivity index (χ1n) is 7.34. The van der Waals surface area contributed by atoms with Crippen molar-refractivity contribution in [2.45, 2.75) is 6.54 Å². The second kappa shape index (κ2) is 7.52. The molecule has 130 valence electrons. The van der Waals surface area contributed by atoms with Crippen LogP contribution in [0.5, 0.6) is 11.5 Å². The van der Waals surface area contributed by atoms with E-state index < -0.39 is 0 Å². The number of hydrogen-bond acceptors (Lipinski definition) is 6. The molecule has 0 spiro atoms. The summed E-state index contributed by atoms with van der Waals surface area (Å²) in [6.07, 6.45) is 0. The van der Waals surface area contributed by atoms with E-state index in [2.05, 4.69) is 31.4 Å². The van der Waals surface area contributed by atoms with Crippen molar-refractivity contribution in [3.05, 3.63) is 52.6 Å². The highest BCUT2D eigenvalue weighted by Crippen LogP contribution is 2.31. The van der Waals surface area contributed by atoms with Crippen molar-refractivity contribution in [2.24, 2.45) is 0 Å². The average molecular weight is 408 g/mol. The molecule has 1 N–H and O–H groups in total. The number of nitrogens with one attached hydrogen (secondary N) is 1. The van der Waals surface area contributed by atoms with Crippen LogP contribution >= 0.6 is 15.9 Å². The fourth-order valence-electron chi connectivity index (χ4n) is 2.22. The lowest BCUT2D eigenvalue weighted by molar-refractivity contribution is 0.382. The molecule has 0 bridgehead atoms. The van der Waals surface area contributed by atoms with E-state index in [0.29, 0.717) is 38.9 Å². The van der Waals surface area contributed by atoms with E-state index in [0.717, 1.165) is 0 Å². The van der Waals surface area contributed by atoms with Gasteiger partial charge in [-0.15, -0.1) is 0 Å². The Morgan fingerprint density at radius 3 is 2.72 bits per heavy atom. The summed E-state index contributed by atoms with van der Waals surface area (Å²) in [5.41, 5.74) is 1.03. The number of ether oxygens (including phenoxy) is 2. The molecule has 0 aliphatic heterocycles. The van der Waals surface area contributed by atoms with Crippen LogP contribution in [0.2, 0.25) is 0 Å². The predicted octanol–water partition coefficient (Wildman–Crippen LogP) is 4.27. The zero-order valence-electron chi connectivity index (χ0n) is 13.5. The normalized spacial score (nSPS) is 10.6. The fraction of sp³-hybridized carbons (Fsp3) is 0.176. The minimum atomic E-state index is -0.370. The third kappa shape index (κ3) is 3.90. The van der Waals surface area contributed by atoms with E-state index in [1.165, 1.54) is 6.07 Å². The molecule has 0 aliphatic rings. The molecule has 0 amide bonds. The minimum Gasteiger partial charge on any atom is -0.497 e. The number of aromatic nitrogens is 2. The van der Waals surface area contributed by atoms with Crippen LogP contribution in [0, 0.1) is 5.82 Å². The van der Waals surface area contributed by atoms with Crippen LogP contribution < -0.4 is 14.8 Å². The van der Waals surface area contributed by atoms with Crippen molar-refractivity contribution in [3.63, 3.8) is 0 Å². The Morgan fingerprint density at radius 1 is 1.16 bits per heavy atom. The van der Waals surface area contributed by atoms with Crippen molar-refractivity contribution < 1.29 is 18.4 Å². The van der Waals surface area contributed by atoms with E-state index in [4.69, 9.17) is 14.0 Å². The number of anilines is 1. The predicted molar refractivity (Wildman–Crippen MR) is 94.3 cm³/mol. The third-order valence-electron chi connectivity index (χ3n) is 3.48. The maximum absolute atomic E-state index is 13.8. The second-order valence-electron chi connectivity index (χ2n) is 5.06. The Balaban J connectivity index is 1.76. The number of benzene rings is 2. The molecule has 25 heavy (non-hydrogen) atoms. The molecule has 0 radical (unpaired) electrons. The molecule has 2 aromatic carbocycles. The number of nitrogens with zero attached hydrogens (tertiary/aromatic N) is 2. The van der Waals surface area contributed by atoms with Crippen LogP contribution in [0.4, 0.5) is 10.1 Å². The Kier molecular flexibility index (Phi) is 5.18. The van der Waals surface area contributed by atoms with Gasteiger partial charge >= 0.3 is 0 Å². The number of methoxy groups -OCH3 is 2. The van der Waals surface area contributed by atoms with E-state index in [9.17, 15) is 4.39 Å². The van der Waals surface area contributed by atoms with Gasteiger partial charge in [0.2, 0.25) is 11.7 Å². The zero-order chi connectivity index (χ0) is 17.8. The molecule has 0 unspecified atom stereocenters. The highest BCUT2D eigenvalue weighted by Gasteiger charge is 2.14. The number of halogens is 2. The van der Waals surface area contributed by atoms with Gasteiger partial charge in [0.15, 0.2) is 0 Å². The van der Waals surface area contributed by atoms with E-state index in [1.54, 1.807) is 44.6 Å². The maximum Gasteiger partial charge on any atom is 0.246 e. The fourth-order valence-corrected chi connectivity index (χ4v) is 2.56. The zero-order valence-corrected chi connectivity index (χ0v) is 15.1. The summed E-state index contributed by atoms with van der Waals surface area (Å²) >= 11 is 3.22. The SMILES string of the molecule is COc1ccc(-c2noc(CNc3ccc(Br)cc3F)n2)c(OC)c1. The summed E-state index contributed by atoms with van der Waals surface area (Å²) in [4.78, 5) is 4.31. The van der Waals surface area contributed by atoms with Gasteiger partial charge in [-0.2, -0.15) is 4.98 Å². The molecule has 0 saturated carbocycles. The highest BCUT2D eigenvalue weighted by molar-refractivity contribution is 9.10. The van der Waals surface area contributed by atoms with Gasteiger partial charge in [-0.25, -0.2) is 4.39 Å². The molecule has 0 saturated heterocycles. The second-order valence-corrected chi connectivity index (χ2v) is 5.97. The molecule has 0 aliphatic carbocycles. The van der Waals surface area contributed by atoms with Gasteiger partial charge in [0.25, 0.3) is 0 Å². The van der Waals surface area contributed by atoms with Gasteiger partial charge in [-0.3, -0.25) is 0 Å². The molecule has 1 aromatic heterocycles. The molecule has 1 heterocycles. The standard InChI is InChI=1S/C17H15BrFN3O3/c1-23-11-4-5-12(15(8-11)24-2)17-21-16(25-22-17)9-20-14-6-3-10(18)7-13(14)19/h3-8,20H,9H2,1-2H3. The third-order valence-corrected chi connectivity index (χ3v) is 3.97. The van der Waals surface area contributed by atoms with Crippen molar-refractivity contribution in [2.75, 3.05) is 19.5 Å². The molecule has 0 fully saturated rings. The summed E-state index contributed by atoms with van der Waals surface area (Å²) in [7, 11) is 3.13. The first kappa shape index (κ1) is 17.2. The topological polar surface area (TPSA) is 69.4 Å². The van der Waals surface area contributed by atoms with Crippen LogP contribution in [0.15, 0.2) is 45.4 Å². The Hall–Kier alpha value is -2.61. The Morgan fingerprint density at radius 2 is 2.00 bits per heavy atom. The van der Waals surface area contributed by atoms with Crippen LogP contribution in [0.25, 0.3) is 11.4 Å². The largest absolute Gasteiger partial charge is 0.497 e. The lowest BCUT2D eigenvalue weighted by Crippen LogP contribution is -2.01. The van der Waals surface area contributed by atoms with Crippen molar-refractivity contribution >= 4 is 21.6 Å². The quantitative estimate of drug-likeness (QED) is 0.657. The summed E-state index contributed by atoms with van der Waals surface area (Å²) in [6.45, 7) is 0.198. The van der Waals surface area contributed by atoms with E-state index >= 15 is 0 Å². The lowest BCUT2D eigenvalue weighted by atomic mass is 10.2. The summed E-state index contributed by atoms with van der Waals surface area (Å²) in [5, 5.41) is 6.88. The summed E-state index contributed by atoms with van der Waals surface area (Å²) in [5.74, 6) is 1.57. The van der Waals surface area contributed by atoms with Crippen molar-refractivity contribution in [3.8, 4) is 22.9 Å². The van der Waals surface area contributed by atoms with Crippen LogP contribution in [0.3, 0.4) is 0 Å². The van der Waals surface area contributed by atoms with Gasteiger partial charge in [-0.05, 0) is 30.3 Å². The summed E-state index contributed by atoms with van der Waals surface area (Å²) in [6, 6.07) is 10.1. The molecular formula is C17H15BrFN3O3. The number of rotatable bonds is 6. The molecule has 3 aromatic rings. The maximum atomic E-state index is 13.8. The Labute approximate surface area is 152 Å². The molecule has 6 nitrogen and oxygen atoms in total. The van der Waals surface area contributed by atoms with Gasteiger partial charge in [0.05, 0.1) is 32.0 Å². The van der Waals surface area contributed by atoms with Gasteiger partial charge < -0.3 is 19.3 Å². The Bertz CT molecular complexity index is 885. The highest BCUT2D eigenvalue weighted by atomic mass is 79.9. The minimum absolute atomic E-state index is 0.198. The number of hydrogen-bond donors (Lipinski definition) is 1. The van der Waals surface area contributed by atoms with Crippen LogP contribution in [0.1, 0.15) is 5.89 Å². The molecule has 8 heteroatoms. The van der Waals surface area contributed by atoms with Gasteiger partial charge in [-0.1, -0.05) is 21.1 Å².